The molecule has 0 saturated carbocycles. The van der Waals surface area contributed by atoms with E-state index in [0.29, 0.717) is 6.42 Å². The van der Waals surface area contributed by atoms with Crippen LogP contribution in [-0.2, 0) is 18.4 Å². The molecule has 3 aromatic rings. The third-order valence-corrected chi connectivity index (χ3v) is 6.68. The monoisotopic (exact) mass is 481 g/mol. The zero-order chi connectivity index (χ0) is 22.0. The number of aryl methyl sites for hydroxylation is 2. The summed E-state index contributed by atoms with van der Waals surface area (Å²) in [4.78, 5) is 15.7. The summed E-state index contributed by atoms with van der Waals surface area (Å²) in [6.07, 6.45) is 3.48. The second-order valence-corrected chi connectivity index (χ2v) is 9.34. The van der Waals surface area contributed by atoms with Crippen molar-refractivity contribution in [3.05, 3.63) is 76.0 Å². The number of carbonyl (C=O) groups is 1. The van der Waals surface area contributed by atoms with Gasteiger partial charge in [-0.2, -0.15) is 0 Å². The molecule has 162 valence electrons. The number of nitrogens with one attached hydrogen (secondary N) is 1. The smallest absolute Gasteiger partial charge is 0.227 e. The van der Waals surface area contributed by atoms with Crippen molar-refractivity contribution in [2.24, 2.45) is 13.0 Å². The van der Waals surface area contributed by atoms with E-state index in [1.807, 2.05) is 44.4 Å². The molecule has 1 aliphatic heterocycles. The zero-order valence-corrected chi connectivity index (χ0v) is 19.7. The summed E-state index contributed by atoms with van der Waals surface area (Å²) < 4.78 is 2.63. The van der Waals surface area contributed by atoms with Crippen LogP contribution in [0.1, 0.15) is 42.6 Å². The maximum absolute atomic E-state index is 13.2. The van der Waals surface area contributed by atoms with Crippen molar-refractivity contribution in [2.45, 2.75) is 45.3 Å². The molecule has 3 atom stereocenters. The van der Waals surface area contributed by atoms with Gasteiger partial charge in [0, 0.05) is 36.2 Å². The van der Waals surface area contributed by atoms with Crippen LogP contribution in [0.3, 0.4) is 0 Å². The molecule has 1 saturated heterocycles. The number of halogens is 1. The lowest BCUT2D eigenvalue weighted by Gasteiger charge is -2.43. The maximum Gasteiger partial charge on any atom is 0.227 e. The van der Waals surface area contributed by atoms with Gasteiger partial charge >= 0.3 is 0 Å². The van der Waals surface area contributed by atoms with Crippen molar-refractivity contribution in [1.29, 1.82) is 0 Å². The van der Waals surface area contributed by atoms with Crippen LogP contribution in [0.4, 0.5) is 5.69 Å². The molecule has 1 aromatic heterocycles. The number of anilines is 1. The van der Waals surface area contributed by atoms with Crippen molar-refractivity contribution >= 4 is 27.5 Å². The Labute approximate surface area is 191 Å². The lowest BCUT2D eigenvalue weighted by Crippen LogP contribution is -2.45. The molecule has 2 aromatic carbocycles. The fourth-order valence-electron chi connectivity index (χ4n) is 4.39. The summed E-state index contributed by atoms with van der Waals surface area (Å²) in [6.45, 7) is 5.06. The summed E-state index contributed by atoms with van der Waals surface area (Å²) in [6, 6.07) is 16.7. The van der Waals surface area contributed by atoms with E-state index in [9.17, 15) is 4.79 Å². The molecule has 1 amide bonds. The maximum atomic E-state index is 13.2. The predicted molar refractivity (Wildman–Crippen MR) is 125 cm³/mol. The molecule has 1 unspecified atom stereocenters. The van der Waals surface area contributed by atoms with Crippen molar-refractivity contribution < 1.29 is 4.79 Å². The summed E-state index contributed by atoms with van der Waals surface area (Å²) in [5, 5.41) is 11.7. The van der Waals surface area contributed by atoms with Crippen LogP contribution in [0.2, 0.25) is 0 Å². The van der Waals surface area contributed by atoms with Gasteiger partial charge in [-0.15, -0.1) is 5.10 Å². The molecule has 0 aliphatic carbocycles. The van der Waals surface area contributed by atoms with E-state index < -0.39 is 0 Å². The first-order valence-electron chi connectivity index (χ1n) is 10.6. The molecular formula is C24H28BrN5O. The van der Waals surface area contributed by atoms with Gasteiger partial charge in [-0.3, -0.25) is 14.4 Å². The summed E-state index contributed by atoms with van der Waals surface area (Å²) in [5.74, 6) is -0.0353. The minimum absolute atomic E-state index is 0.0369. The van der Waals surface area contributed by atoms with Crippen molar-refractivity contribution in [3.8, 4) is 0 Å². The third-order valence-electron chi connectivity index (χ3n) is 6.02. The highest BCUT2D eigenvalue weighted by Gasteiger charge is 2.38. The molecule has 1 aliphatic rings. The van der Waals surface area contributed by atoms with Crippen LogP contribution in [0.15, 0.2) is 59.2 Å². The first kappa shape index (κ1) is 21.7. The molecule has 1 N–H and O–H groups in total. The van der Waals surface area contributed by atoms with Crippen molar-refractivity contribution in [2.75, 3.05) is 5.32 Å². The Bertz CT molecular complexity index is 1050. The molecule has 0 bridgehead atoms. The quantitative estimate of drug-likeness (QED) is 0.564. The van der Waals surface area contributed by atoms with Crippen molar-refractivity contribution in [3.63, 3.8) is 0 Å². The summed E-state index contributed by atoms with van der Waals surface area (Å²) in [5.41, 5.74) is 4.13. The molecule has 0 radical (unpaired) electrons. The number of piperidine rings is 1. The number of carbonyl (C=O) groups excluding carboxylic acids is 1. The minimum atomic E-state index is -0.0952. The summed E-state index contributed by atoms with van der Waals surface area (Å²) in [7, 11) is 1.88. The molecule has 7 heteroatoms. The Morgan fingerprint density at radius 3 is 2.65 bits per heavy atom. The molecule has 2 heterocycles. The Balaban J connectivity index is 1.56. The Hall–Kier alpha value is -2.51. The van der Waals surface area contributed by atoms with Crippen LogP contribution in [0.25, 0.3) is 0 Å². The highest BCUT2D eigenvalue weighted by Crippen LogP contribution is 2.38. The second kappa shape index (κ2) is 9.32. The third kappa shape index (κ3) is 5.05. The van der Waals surface area contributed by atoms with Gasteiger partial charge in [-0.05, 0) is 65.9 Å². The predicted octanol–water partition coefficient (Wildman–Crippen LogP) is 4.87. The van der Waals surface area contributed by atoms with Gasteiger partial charge in [0.15, 0.2) is 0 Å². The number of aromatic nitrogens is 3. The fraction of sp³-hybridized carbons (Fsp3) is 0.375. The molecule has 4 rings (SSSR count). The van der Waals surface area contributed by atoms with Gasteiger partial charge in [0.2, 0.25) is 5.91 Å². The van der Waals surface area contributed by atoms with E-state index in [1.54, 1.807) is 4.68 Å². The topological polar surface area (TPSA) is 63.1 Å². The van der Waals surface area contributed by atoms with Crippen molar-refractivity contribution in [1.82, 2.24) is 19.9 Å². The first-order chi connectivity index (χ1) is 14.9. The molecule has 31 heavy (non-hydrogen) atoms. The Morgan fingerprint density at radius 2 is 1.97 bits per heavy atom. The molecule has 6 nitrogen and oxygen atoms in total. The number of rotatable bonds is 5. The number of nitrogens with zero attached hydrogens (tertiary/aromatic N) is 4. The minimum Gasteiger partial charge on any atom is -0.325 e. The van der Waals surface area contributed by atoms with E-state index in [2.05, 4.69) is 67.6 Å². The van der Waals surface area contributed by atoms with E-state index in [0.717, 1.165) is 34.4 Å². The number of amides is 1. The number of hydrogen-bond acceptors (Lipinski definition) is 4. The normalized spacial score (nSPS) is 21.7. The highest BCUT2D eigenvalue weighted by atomic mass is 79.9. The lowest BCUT2D eigenvalue weighted by molar-refractivity contribution is -0.123. The Morgan fingerprint density at radius 1 is 1.19 bits per heavy atom. The van der Waals surface area contributed by atoms with E-state index >= 15 is 0 Å². The Kier molecular flexibility index (Phi) is 6.53. The number of benzene rings is 2. The van der Waals surface area contributed by atoms with E-state index in [1.165, 1.54) is 5.56 Å². The standard InChI is InChI=1S/C24H28BrN5O/c1-16-9-10-21(20(25)11-16)26-24(31)19-12-17(2)30(14-18-7-5-4-6-8-18)23(13-19)22-15-29(3)28-27-22/h4-11,15,17,19,23H,12-14H2,1-3H3,(H,26,31)/t17-,19?,23-/m0/s1. The van der Waals surface area contributed by atoms with Gasteiger partial charge < -0.3 is 5.32 Å². The average Bonchev–Trinajstić information content (AvgIpc) is 3.18. The van der Waals surface area contributed by atoms with Crippen LogP contribution in [0.5, 0.6) is 0 Å². The summed E-state index contributed by atoms with van der Waals surface area (Å²) >= 11 is 3.57. The largest absolute Gasteiger partial charge is 0.325 e. The van der Waals surface area contributed by atoms with Crippen LogP contribution < -0.4 is 5.32 Å². The van der Waals surface area contributed by atoms with Gasteiger partial charge in [0.05, 0.1) is 17.4 Å². The molecular weight excluding hydrogens is 454 g/mol. The molecule has 1 fully saturated rings. The number of likely N-dealkylation sites (tertiary alicyclic amines) is 1. The highest BCUT2D eigenvalue weighted by molar-refractivity contribution is 9.10. The van der Waals surface area contributed by atoms with Gasteiger partial charge in [0.1, 0.15) is 0 Å². The SMILES string of the molecule is Cc1ccc(NC(=O)C2C[C@H](C)N(Cc3ccccc3)[C@H](c3cn(C)nn3)C2)c(Br)c1. The van der Waals surface area contributed by atoms with E-state index in [-0.39, 0.29) is 23.9 Å². The average molecular weight is 482 g/mol. The second-order valence-electron chi connectivity index (χ2n) is 8.48. The van der Waals surface area contributed by atoms with Crippen LogP contribution in [-0.4, -0.2) is 31.8 Å². The van der Waals surface area contributed by atoms with Crippen LogP contribution in [0, 0.1) is 12.8 Å². The number of hydrogen-bond donors (Lipinski definition) is 1. The van der Waals surface area contributed by atoms with Gasteiger partial charge in [0.25, 0.3) is 0 Å². The van der Waals surface area contributed by atoms with E-state index in [4.69, 9.17) is 0 Å². The van der Waals surface area contributed by atoms with Crippen LogP contribution >= 0.6 is 15.9 Å². The van der Waals surface area contributed by atoms with Gasteiger partial charge in [-0.1, -0.05) is 41.6 Å². The first-order valence-corrected chi connectivity index (χ1v) is 11.4. The molecule has 0 spiro atoms. The van der Waals surface area contributed by atoms with Gasteiger partial charge in [-0.25, -0.2) is 0 Å². The lowest BCUT2D eigenvalue weighted by atomic mass is 9.84. The zero-order valence-electron chi connectivity index (χ0n) is 18.1. The fourth-order valence-corrected chi connectivity index (χ4v) is 4.99.